The van der Waals surface area contributed by atoms with Gasteiger partial charge < -0.3 is 14.9 Å². The molecule has 0 saturated carbocycles. The van der Waals surface area contributed by atoms with E-state index in [0.717, 1.165) is 18.4 Å². The molecule has 0 spiro atoms. The van der Waals surface area contributed by atoms with Gasteiger partial charge in [0.25, 0.3) is 0 Å². The van der Waals surface area contributed by atoms with Crippen LogP contribution in [0.5, 0.6) is 17.2 Å². The summed E-state index contributed by atoms with van der Waals surface area (Å²) < 4.78 is 5.40. The topological polar surface area (TPSA) is 49.7 Å². The standard InChI is InChI=1S/C10H12O3/c1-6-8(11)5-9(12)7-3-2-4-13-10(6)7/h5,11-12H,2-4H2,1H3. The van der Waals surface area contributed by atoms with E-state index in [2.05, 4.69) is 0 Å². The number of aromatic hydroxyl groups is 2. The van der Waals surface area contributed by atoms with Crippen LogP contribution in [0.2, 0.25) is 0 Å². The van der Waals surface area contributed by atoms with Crippen LogP contribution in [0.15, 0.2) is 6.07 Å². The molecule has 0 aliphatic carbocycles. The van der Waals surface area contributed by atoms with Crippen LogP contribution in [-0.4, -0.2) is 16.8 Å². The summed E-state index contributed by atoms with van der Waals surface area (Å²) in [5.41, 5.74) is 1.54. The van der Waals surface area contributed by atoms with Gasteiger partial charge in [-0.25, -0.2) is 0 Å². The van der Waals surface area contributed by atoms with Crippen molar-refractivity contribution in [2.45, 2.75) is 19.8 Å². The van der Waals surface area contributed by atoms with Crippen molar-refractivity contribution >= 4 is 0 Å². The molecule has 0 radical (unpaired) electrons. The van der Waals surface area contributed by atoms with E-state index >= 15 is 0 Å². The highest BCUT2D eigenvalue weighted by molar-refractivity contribution is 5.56. The molecule has 0 aromatic heterocycles. The molecule has 1 heterocycles. The number of ether oxygens (including phenoxy) is 1. The Kier molecular flexibility index (Phi) is 1.79. The van der Waals surface area contributed by atoms with Crippen molar-refractivity contribution in [3.8, 4) is 17.2 Å². The number of rotatable bonds is 0. The minimum Gasteiger partial charge on any atom is -0.507 e. The Bertz CT molecular complexity index is 345. The molecule has 3 heteroatoms. The van der Waals surface area contributed by atoms with Crippen LogP contribution < -0.4 is 4.74 Å². The predicted octanol–water partition coefficient (Wildman–Crippen LogP) is 1.73. The number of fused-ring (bicyclic) bond motifs is 1. The lowest BCUT2D eigenvalue weighted by Gasteiger charge is -2.20. The Morgan fingerprint density at radius 2 is 2.08 bits per heavy atom. The number of hydrogen-bond acceptors (Lipinski definition) is 3. The average molecular weight is 180 g/mol. The highest BCUT2D eigenvalue weighted by atomic mass is 16.5. The molecule has 0 atom stereocenters. The van der Waals surface area contributed by atoms with Crippen LogP contribution in [0.1, 0.15) is 17.5 Å². The number of benzene rings is 1. The van der Waals surface area contributed by atoms with Crippen molar-refractivity contribution in [3.05, 3.63) is 17.2 Å². The first-order valence-electron chi connectivity index (χ1n) is 4.37. The largest absolute Gasteiger partial charge is 0.507 e. The van der Waals surface area contributed by atoms with E-state index in [-0.39, 0.29) is 11.5 Å². The molecular weight excluding hydrogens is 168 g/mol. The molecule has 0 amide bonds. The van der Waals surface area contributed by atoms with E-state index in [1.165, 1.54) is 6.07 Å². The molecule has 0 bridgehead atoms. The summed E-state index contributed by atoms with van der Waals surface area (Å²) in [4.78, 5) is 0. The predicted molar refractivity (Wildman–Crippen MR) is 48.3 cm³/mol. The van der Waals surface area contributed by atoms with Crippen molar-refractivity contribution in [3.63, 3.8) is 0 Å². The van der Waals surface area contributed by atoms with E-state index in [1.807, 2.05) is 0 Å². The van der Waals surface area contributed by atoms with Gasteiger partial charge >= 0.3 is 0 Å². The van der Waals surface area contributed by atoms with Crippen LogP contribution in [0.25, 0.3) is 0 Å². The van der Waals surface area contributed by atoms with Gasteiger partial charge in [0, 0.05) is 17.2 Å². The minimum atomic E-state index is 0.0955. The quantitative estimate of drug-likeness (QED) is 0.639. The molecule has 70 valence electrons. The molecule has 1 aromatic carbocycles. The lowest BCUT2D eigenvalue weighted by molar-refractivity contribution is 0.279. The summed E-state index contributed by atoms with van der Waals surface area (Å²) in [5.74, 6) is 0.889. The molecule has 1 aliphatic rings. The van der Waals surface area contributed by atoms with Crippen LogP contribution in [0.3, 0.4) is 0 Å². The maximum atomic E-state index is 9.52. The Morgan fingerprint density at radius 1 is 1.31 bits per heavy atom. The molecule has 0 fully saturated rings. The summed E-state index contributed by atoms with van der Waals surface area (Å²) in [5, 5.41) is 18.9. The second kappa shape index (κ2) is 2.83. The van der Waals surface area contributed by atoms with Gasteiger partial charge in [-0.3, -0.25) is 0 Å². The van der Waals surface area contributed by atoms with Crippen molar-refractivity contribution in [2.75, 3.05) is 6.61 Å². The highest BCUT2D eigenvalue weighted by Crippen LogP contribution is 2.40. The molecule has 1 aromatic rings. The van der Waals surface area contributed by atoms with E-state index in [4.69, 9.17) is 4.74 Å². The fourth-order valence-corrected chi connectivity index (χ4v) is 1.64. The SMILES string of the molecule is Cc1c(O)cc(O)c2c1OCCC2. The average Bonchev–Trinajstić information content (AvgIpc) is 2.15. The summed E-state index contributed by atoms with van der Waals surface area (Å²) in [6.45, 7) is 2.45. The molecule has 2 rings (SSSR count). The van der Waals surface area contributed by atoms with E-state index < -0.39 is 0 Å². The fourth-order valence-electron chi connectivity index (χ4n) is 1.64. The van der Waals surface area contributed by atoms with Gasteiger partial charge in [-0.2, -0.15) is 0 Å². The van der Waals surface area contributed by atoms with Gasteiger partial charge in [-0.05, 0) is 19.8 Å². The van der Waals surface area contributed by atoms with E-state index in [0.29, 0.717) is 17.9 Å². The normalized spacial score (nSPS) is 14.8. The molecule has 0 saturated heterocycles. The van der Waals surface area contributed by atoms with Crippen LogP contribution >= 0.6 is 0 Å². The number of phenols is 2. The summed E-state index contributed by atoms with van der Waals surface area (Å²) >= 11 is 0. The van der Waals surface area contributed by atoms with Gasteiger partial charge in [-0.15, -0.1) is 0 Å². The monoisotopic (exact) mass is 180 g/mol. The maximum absolute atomic E-state index is 9.52. The first kappa shape index (κ1) is 8.23. The lowest BCUT2D eigenvalue weighted by Crippen LogP contribution is -2.09. The Balaban J connectivity index is 2.63. The summed E-state index contributed by atoms with van der Waals surface area (Å²) in [7, 11) is 0. The third-order valence-corrected chi connectivity index (χ3v) is 2.40. The summed E-state index contributed by atoms with van der Waals surface area (Å²) in [6, 6.07) is 1.38. The molecule has 1 aliphatic heterocycles. The van der Waals surface area contributed by atoms with Crippen LogP contribution in [-0.2, 0) is 6.42 Å². The fraction of sp³-hybridized carbons (Fsp3) is 0.400. The zero-order valence-electron chi connectivity index (χ0n) is 7.50. The van der Waals surface area contributed by atoms with E-state index in [1.54, 1.807) is 6.92 Å². The van der Waals surface area contributed by atoms with Gasteiger partial charge in [0.15, 0.2) is 0 Å². The lowest BCUT2D eigenvalue weighted by atomic mass is 10.0. The molecule has 2 N–H and O–H groups in total. The minimum absolute atomic E-state index is 0.0955. The van der Waals surface area contributed by atoms with Gasteiger partial charge in [0.05, 0.1) is 6.61 Å². The maximum Gasteiger partial charge on any atom is 0.132 e. The number of phenolic OH excluding ortho intramolecular Hbond substituents is 2. The van der Waals surface area contributed by atoms with Gasteiger partial charge in [0.2, 0.25) is 0 Å². The zero-order valence-corrected chi connectivity index (χ0v) is 7.50. The Hall–Kier alpha value is -1.38. The second-order valence-electron chi connectivity index (χ2n) is 3.30. The summed E-state index contributed by atoms with van der Waals surface area (Å²) in [6.07, 6.45) is 1.74. The van der Waals surface area contributed by atoms with Crippen LogP contribution in [0.4, 0.5) is 0 Å². The second-order valence-corrected chi connectivity index (χ2v) is 3.30. The third kappa shape index (κ3) is 1.20. The van der Waals surface area contributed by atoms with Crippen molar-refractivity contribution in [1.29, 1.82) is 0 Å². The van der Waals surface area contributed by atoms with Crippen molar-refractivity contribution in [1.82, 2.24) is 0 Å². The Labute approximate surface area is 76.6 Å². The first-order chi connectivity index (χ1) is 6.20. The molecule has 3 nitrogen and oxygen atoms in total. The molecule has 0 unspecified atom stereocenters. The van der Waals surface area contributed by atoms with Crippen molar-refractivity contribution in [2.24, 2.45) is 0 Å². The number of hydrogen-bond donors (Lipinski definition) is 2. The van der Waals surface area contributed by atoms with Crippen LogP contribution in [0, 0.1) is 6.92 Å². The first-order valence-corrected chi connectivity index (χ1v) is 4.37. The Morgan fingerprint density at radius 3 is 2.85 bits per heavy atom. The smallest absolute Gasteiger partial charge is 0.132 e. The third-order valence-electron chi connectivity index (χ3n) is 2.40. The van der Waals surface area contributed by atoms with E-state index in [9.17, 15) is 10.2 Å². The van der Waals surface area contributed by atoms with Gasteiger partial charge in [0.1, 0.15) is 17.2 Å². The highest BCUT2D eigenvalue weighted by Gasteiger charge is 2.19. The molecular formula is C10H12O3. The molecule has 13 heavy (non-hydrogen) atoms. The van der Waals surface area contributed by atoms with Gasteiger partial charge in [-0.1, -0.05) is 0 Å². The van der Waals surface area contributed by atoms with Crippen molar-refractivity contribution < 1.29 is 14.9 Å². The zero-order chi connectivity index (χ0) is 9.42.